The number of benzene rings is 2. The Hall–Kier alpha value is -2.05. The lowest BCUT2D eigenvalue weighted by atomic mass is 9.84. The van der Waals surface area contributed by atoms with Crippen LogP contribution in [0.1, 0.15) is 101 Å². The van der Waals surface area contributed by atoms with Crippen molar-refractivity contribution < 1.29 is 14.3 Å². The van der Waals surface area contributed by atoms with Gasteiger partial charge in [0.15, 0.2) is 5.78 Å². The molecule has 5 nitrogen and oxygen atoms in total. The highest BCUT2D eigenvalue weighted by Gasteiger charge is 2.29. The van der Waals surface area contributed by atoms with Crippen molar-refractivity contribution in [3.05, 3.63) is 69.8 Å². The first-order chi connectivity index (χ1) is 18.8. The minimum Gasteiger partial charge on any atom is -0.379 e. The molecule has 0 radical (unpaired) electrons. The largest absolute Gasteiger partial charge is 0.379 e. The quantitative estimate of drug-likeness (QED) is 0.409. The molecule has 5 heteroatoms. The average Bonchev–Trinajstić information content (AvgIpc) is 3.69. The van der Waals surface area contributed by atoms with E-state index in [1.54, 1.807) is 0 Å². The Morgan fingerprint density at radius 1 is 0.632 bits per heavy atom. The lowest BCUT2D eigenvalue weighted by Crippen LogP contribution is -2.37. The summed E-state index contributed by atoms with van der Waals surface area (Å²) in [5.41, 5.74) is 7.23. The molecule has 2 aliphatic carbocycles. The SMILES string of the molecule is O=C(c1cccc(C2CCCC2)c1CN1CCOCC1)c1cccc(C2CCCC2)c1CN1CCOCC1. The van der Waals surface area contributed by atoms with Crippen molar-refractivity contribution in [2.24, 2.45) is 0 Å². The lowest BCUT2D eigenvalue weighted by Gasteiger charge is -2.30. The van der Waals surface area contributed by atoms with E-state index in [1.165, 1.54) is 73.6 Å². The van der Waals surface area contributed by atoms with Gasteiger partial charge in [-0.15, -0.1) is 0 Å². The first-order valence-corrected chi connectivity index (χ1v) is 15.2. The third-order valence-electron chi connectivity index (χ3n) is 9.47. The van der Waals surface area contributed by atoms with E-state index in [0.29, 0.717) is 11.8 Å². The zero-order valence-corrected chi connectivity index (χ0v) is 23.0. The number of carbonyl (C=O) groups excluding carboxylic acids is 1. The summed E-state index contributed by atoms with van der Waals surface area (Å²) in [5.74, 6) is 1.38. The van der Waals surface area contributed by atoms with Crippen LogP contribution in [0, 0.1) is 0 Å². The van der Waals surface area contributed by atoms with Crippen LogP contribution in [0.25, 0.3) is 0 Å². The van der Waals surface area contributed by atoms with Gasteiger partial charge in [0.05, 0.1) is 26.4 Å². The monoisotopic (exact) mass is 516 g/mol. The molecule has 2 saturated carbocycles. The average molecular weight is 517 g/mol. The minimum absolute atomic E-state index is 0.219. The van der Waals surface area contributed by atoms with E-state index in [0.717, 1.165) is 76.8 Å². The molecular formula is C33H44N2O3. The molecule has 2 aromatic rings. The summed E-state index contributed by atoms with van der Waals surface area (Å²) < 4.78 is 11.3. The van der Waals surface area contributed by atoms with Crippen molar-refractivity contribution in [1.29, 1.82) is 0 Å². The van der Waals surface area contributed by atoms with Gasteiger partial charge in [-0.05, 0) is 59.8 Å². The van der Waals surface area contributed by atoms with Crippen molar-refractivity contribution in [3.63, 3.8) is 0 Å². The van der Waals surface area contributed by atoms with Crippen LogP contribution in [0.2, 0.25) is 0 Å². The highest BCUT2D eigenvalue weighted by atomic mass is 16.5. The molecule has 38 heavy (non-hydrogen) atoms. The van der Waals surface area contributed by atoms with Crippen molar-refractivity contribution in [2.75, 3.05) is 52.6 Å². The second kappa shape index (κ2) is 12.4. The van der Waals surface area contributed by atoms with Crippen LogP contribution in [0.15, 0.2) is 36.4 Å². The molecule has 6 rings (SSSR count). The van der Waals surface area contributed by atoms with E-state index in [-0.39, 0.29) is 5.78 Å². The van der Waals surface area contributed by atoms with Crippen LogP contribution in [0.4, 0.5) is 0 Å². The number of hydrogen-bond acceptors (Lipinski definition) is 5. The molecule has 0 atom stereocenters. The molecule has 2 heterocycles. The van der Waals surface area contributed by atoms with Gasteiger partial charge < -0.3 is 9.47 Å². The fraction of sp³-hybridized carbons (Fsp3) is 0.606. The maximum Gasteiger partial charge on any atom is 0.193 e. The zero-order valence-electron chi connectivity index (χ0n) is 23.0. The first kappa shape index (κ1) is 26.2. The van der Waals surface area contributed by atoms with Gasteiger partial charge in [0.25, 0.3) is 0 Å². The standard InChI is InChI=1S/C33H44N2O3/c36-33(29-13-5-11-27(25-7-1-2-8-25)31(29)23-34-15-19-37-20-16-34)30-14-6-12-28(26-9-3-4-10-26)32(30)24-35-17-21-38-22-18-35/h5-6,11-14,25-26H,1-4,7-10,15-24H2. The Bertz CT molecular complexity index is 1010. The van der Waals surface area contributed by atoms with Crippen LogP contribution in [-0.2, 0) is 22.6 Å². The number of nitrogens with zero attached hydrogens (tertiary/aromatic N) is 2. The highest BCUT2D eigenvalue weighted by Crippen LogP contribution is 2.40. The molecule has 204 valence electrons. The molecule has 4 aliphatic rings. The number of hydrogen-bond donors (Lipinski definition) is 0. The second-order valence-electron chi connectivity index (χ2n) is 11.8. The van der Waals surface area contributed by atoms with Crippen molar-refractivity contribution in [1.82, 2.24) is 9.80 Å². The number of carbonyl (C=O) groups is 1. The van der Waals surface area contributed by atoms with Gasteiger partial charge in [-0.3, -0.25) is 14.6 Å². The predicted molar refractivity (Wildman–Crippen MR) is 151 cm³/mol. The number of ether oxygens (including phenoxy) is 2. The van der Waals surface area contributed by atoms with E-state index in [4.69, 9.17) is 9.47 Å². The minimum atomic E-state index is 0.219. The van der Waals surface area contributed by atoms with Gasteiger partial charge in [0.2, 0.25) is 0 Å². The van der Waals surface area contributed by atoms with E-state index in [1.807, 2.05) is 0 Å². The molecule has 0 spiro atoms. The predicted octanol–water partition coefficient (Wildman–Crippen LogP) is 5.90. The van der Waals surface area contributed by atoms with Crippen molar-refractivity contribution >= 4 is 5.78 Å². The third kappa shape index (κ3) is 5.77. The molecule has 2 aliphatic heterocycles. The van der Waals surface area contributed by atoms with E-state index in [9.17, 15) is 4.79 Å². The molecule has 0 aromatic heterocycles. The summed E-state index contributed by atoms with van der Waals surface area (Å²) in [6.45, 7) is 8.56. The number of rotatable bonds is 8. The maximum atomic E-state index is 14.6. The van der Waals surface area contributed by atoms with Gasteiger partial charge in [0, 0.05) is 50.4 Å². The fourth-order valence-corrected chi connectivity index (χ4v) is 7.34. The fourth-order valence-electron chi connectivity index (χ4n) is 7.34. The third-order valence-corrected chi connectivity index (χ3v) is 9.47. The molecular weight excluding hydrogens is 472 g/mol. The van der Waals surface area contributed by atoms with Gasteiger partial charge in [0.1, 0.15) is 0 Å². The summed E-state index contributed by atoms with van der Waals surface area (Å²) in [4.78, 5) is 19.6. The Morgan fingerprint density at radius 2 is 1.03 bits per heavy atom. The summed E-state index contributed by atoms with van der Waals surface area (Å²) in [6, 6.07) is 13.1. The van der Waals surface area contributed by atoms with Crippen LogP contribution < -0.4 is 0 Å². The van der Waals surface area contributed by atoms with Crippen LogP contribution in [-0.4, -0.2) is 68.2 Å². The Balaban J connectivity index is 1.40. The van der Waals surface area contributed by atoms with Gasteiger partial charge in [-0.25, -0.2) is 0 Å². The molecule has 0 N–H and O–H groups in total. The zero-order chi connectivity index (χ0) is 25.7. The molecule has 4 fully saturated rings. The van der Waals surface area contributed by atoms with E-state index >= 15 is 0 Å². The van der Waals surface area contributed by atoms with Gasteiger partial charge >= 0.3 is 0 Å². The van der Waals surface area contributed by atoms with E-state index in [2.05, 4.69) is 46.2 Å². The second-order valence-corrected chi connectivity index (χ2v) is 11.8. The molecule has 0 bridgehead atoms. The summed E-state index contributed by atoms with van der Waals surface area (Å²) >= 11 is 0. The Morgan fingerprint density at radius 3 is 1.42 bits per heavy atom. The lowest BCUT2D eigenvalue weighted by molar-refractivity contribution is 0.0338. The highest BCUT2D eigenvalue weighted by molar-refractivity contribution is 6.11. The van der Waals surface area contributed by atoms with Crippen LogP contribution in [0.3, 0.4) is 0 Å². The Kier molecular flexibility index (Phi) is 8.56. The Labute approximate surface area is 228 Å². The normalized spacial score (nSPS) is 22.3. The summed E-state index contributed by atoms with van der Waals surface area (Å²) in [7, 11) is 0. The maximum absolute atomic E-state index is 14.6. The molecule has 2 saturated heterocycles. The van der Waals surface area contributed by atoms with Gasteiger partial charge in [-0.2, -0.15) is 0 Å². The van der Waals surface area contributed by atoms with Gasteiger partial charge in [-0.1, -0.05) is 62.1 Å². The topological polar surface area (TPSA) is 42.0 Å². The van der Waals surface area contributed by atoms with Crippen LogP contribution >= 0.6 is 0 Å². The number of ketones is 1. The molecule has 0 amide bonds. The van der Waals surface area contributed by atoms with Crippen molar-refractivity contribution in [3.8, 4) is 0 Å². The van der Waals surface area contributed by atoms with Crippen molar-refractivity contribution in [2.45, 2.75) is 76.3 Å². The summed E-state index contributed by atoms with van der Waals surface area (Å²) in [5, 5.41) is 0. The first-order valence-electron chi connectivity index (χ1n) is 15.2. The number of morpholine rings is 2. The summed E-state index contributed by atoms with van der Waals surface area (Å²) in [6.07, 6.45) is 10.2. The smallest absolute Gasteiger partial charge is 0.193 e. The molecule has 0 unspecified atom stereocenters. The molecule has 2 aromatic carbocycles. The van der Waals surface area contributed by atoms with E-state index < -0.39 is 0 Å². The van der Waals surface area contributed by atoms with Crippen LogP contribution in [0.5, 0.6) is 0 Å².